The van der Waals surface area contributed by atoms with Crippen LogP contribution >= 0.6 is 0 Å². The highest BCUT2D eigenvalue weighted by Gasteiger charge is 2.25. The van der Waals surface area contributed by atoms with Gasteiger partial charge in [-0.3, -0.25) is 0 Å². The highest BCUT2D eigenvalue weighted by Crippen LogP contribution is 2.27. The van der Waals surface area contributed by atoms with Gasteiger partial charge in [0.25, 0.3) is 0 Å². The average molecular weight is 243 g/mol. The largest absolute Gasteiger partial charge is 0.330 e. The van der Waals surface area contributed by atoms with E-state index in [-0.39, 0.29) is 11.2 Å². The Hall–Kier alpha value is -1.67. The second-order valence-corrected chi connectivity index (χ2v) is 4.94. The summed E-state index contributed by atoms with van der Waals surface area (Å²) in [5.74, 6) is -0.208. The second-order valence-electron chi connectivity index (χ2n) is 4.94. The maximum absolute atomic E-state index is 13.3. The Kier molecular flexibility index (Phi) is 3.78. The number of halogens is 1. The van der Waals surface area contributed by atoms with Crippen LogP contribution in [0.15, 0.2) is 54.6 Å². The van der Waals surface area contributed by atoms with Crippen molar-refractivity contribution in [2.75, 3.05) is 6.54 Å². The van der Waals surface area contributed by atoms with Crippen LogP contribution in [0.4, 0.5) is 4.39 Å². The molecule has 0 fully saturated rings. The lowest BCUT2D eigenvalue weighted by molar-refractivity contribution is 0.476. The second kappa shape index (κ2) is 5.32. The minimum absolute atomic E-state index is 0.208. The molecule has 2 aromatic carbocycles. The lowest BCUT2D eigenvalue weighted by Crippen LogP contribution is -2.34. The third-order valence-electron chi connectivity index (χ3n) is 3.41. The first-order valence-corrected chi connectivity index (χ1v) is 6.14. The molecule has 2 rings (SSSR count). The van der Waals surface area contributed by atoms with E-state index < -0.39 is 0 Å². The third kappa shape index (κ3) is 2.77. The van der Waals surface area contributed by atoms with Crippen LogP contribution in [0.1, 0.15) is 18.1 Å². The van der Waals surface area contributed by atoms with E-state index in [1.54, 1.807) is 12.1 Å². The van der Waals surface area contributed by atoms with Crippen molar-refractivity contribution in [1.82, 2.24) is 0 Å². The molecule has 18 heavy (non-hydrogen) atoms. The van der Waals surface area contributed by atoms with E-state index in [1.807, 2.05) is 24.3 Å². The van der Waals surface area contributed by atoms with Gasteiger partial charge in [0.1, 0.15) is 5.82 Å². The fraction of sp³-hybridized carbons (Fsp3) is 0.250. The average Bonchev–Trinajstić information content (AvgIpc) is 2.40. The van der Waals surface area contributed by atoms with E-state index in [4.69, 9.17) is 5.73 Å². The Morgan fingerprint density at radius 1 is 1.06 bits per heavy atom. The lowest BCUT2D eigenvalue weighted by atomic mass is 9.77. The predicted molar refractivity (Wildman–Crippen MR) is 73.0 cm³/mol. The van der Waals surface area contributed by atoms with Crippen LogP contribution in [0.3, 0.4) is 0 Å². The molecule has 2 aromatic rings. The number of hydrogen-bond donors (Lipinski definition) is 1. The van der Waals surface area contributed by atoms with Crippen molar-refractivity contribution in [2.24, 2.45) is 5.73 Å². The minimum atomic E-state index is -0.233. The molecule has 2 N–H and O–H groups in total. The molecule has 0 bridgehead atoms. The highest BCUT2D eigenvalue weighted by atomic mass is 19.1. The summed E-state index contributed by atoms with van der Waals surface area (Å²) in [5.41, 5.74) is 7.85. The Morgan fingerprint density at radius 2 is 1.78 bits per heavy atom. The zero-order chi connectivity index (χ0) is 13.0. The molecular weight excluding hydrogens is 225 g/mol. The van der Waals surface area contributed by atoms with Crippen LogP contribution in [0, 0.1) is 5.82 Å². The summed E-state index contributed by atoms with van der Waals surface area (Å²) in [6.07, 6.45) is 0.813. The molecule has 94 valence electrons. The smallest absolute Gasteiger partial charge is 0.123 e. The van der Waals surface area contributed by atoms with E-state index in [0.717, 1.165) is 12.0 Å². The molecule has 0 radical (unpaired) electrons. The van der Waals surface area contributed by atoms with Crippen molar-refractivity contribution >= 4 is 0 Å². The van der Waals surface area contributed by atoms with Gasteiger partial charge in [0, 0.05) is 12.0 Å². The lowest BCUT2D eigenvalue weighted by Gasteiger charge is -2.29. The monoisotopic (exact) mass is 243 g/mol. The van der Waals surface area contributed by atoms with Gasteiger partial charge in [-0.05, 0) is 29.7 Å². The summed E-state index contributed by atoms with van der Waals surface area (Å²) in [5, 5.41) is 0. The van der Waals surface area contributed by atoms with Gasteiger partial charge in [0.15, 0.2) is 0 Å². The predicted octanol–water partition coefficient (Wildman–Crippen LogP) is 3.28. The van der Waals surface area contributed by atoms with Crippen molar-refractivity contribution in [3.8, 4) is 0 Å². The van der Waals surface area contributed by atoms with E-state index >= 15 is 0 Å². The number of benzene rings is 2. The summed E-state index contributed by atoms with van der Waals surface area (Å²) in [7, 11) is 0. The Bertz CT molecular complexity index is 510. The quantitative estimate of drug-likeness (QED) is 0.876. The van der Waals surface area contributed by atoms with E-state index in [2.05, 4.69) is 19.1 Å². The van der Waals surface area contributed by atoms with Gasteiger partial charge in [-0.1, -0.05) is 49.4 Å². The summed E-state index contributed by atoms with van der Waals surface area (Å²) >= 11 is 0. The van der Waals surface area contributed by atoms with Crippen LogP contribution < -0.4 is 5.73 Å². The number of rotatable bonds is 4. The molecule has 2 heteroatoms. The van der Waals surface area contributed by atoms with E-state index in [9.17, 15) is 4.39 Å². The van der Waals surface area contributed by atoms with Gasteiger partial charge in [-0.2, -0.15) is 0 Å². The molecule has 1 nitrogen and oxygen atoms in total. The fourth-order valence-corrected chi connectivity index (χ4v) is 2.20. The molecule has 0 aliphatic heterocycles. The van der Waals surface area contributed by atoms with Crippen molar-refractivity contribution in [2.45, 2.75) is 18.8 Å². The van der Waals surface area contributed by atoms with Crippen LogP contribution in [-0.4, -0.2) is 6.54 Å². The Balaban J connectivity index is 2.31. The zero-order valence-electron chi connectivity index (χ0n) is 10.6. The van der Waals surface area contributed by atoms with Crippen molar-refractivity contribution < 1.29 is 4.39 Å². The standard InChI is InChI=1S/C16H18FN/c1-16(12-18,11-13-6-3-2-4-7-13)14-8-5-9-15(17)10-14/h2-10H,11-12,18H2,1H3. The third-order valence-corrected chi connectivity index (χ3v) is 3.41. The first kappa shape index (κ1) is 12.8. The summed E-state index contributed by atoms with van der Waals surface area (Å²) in [6, 6.07) is 16.9. The summed E-state index contributed by atoms with van der Waals surface area (Å²) in [6.45, 7) is 2.57. The normalized spacial score (nSPS) is 14.2. The van der Waals surface area contributed by atoms with Crippen LogP contribution in [0.2, 0.25) is 0 Å². The fourth-order valence-electron chi connectivity index (χ4n) is 2.20. The Labute approximate surface area is 107 Å². The molecule has 1 atom stereocenters. The maximum atomic E-state index is 13.3. The summed E-state index contributed by atoms with van der Waals surface area (Å²) in [4.78, 5) is 0. The van der Waals surface area contributed by atoms with Gasteiger partial charge >= 0.3 is 0 Å². The summed E-state index contributed by atoms with van der Waals surface area (Å²) < 4.78 is 13.3. The molecule has 0 aromatic heterocycles. The Morgan fingerprint density at radius 3 is 2.39 bits per heavy atom. The van der Waals surface area contributed by atoms with Gasteiger partial charge in [-0.15, -0.1) is 0 Å². The van der Waals surface area contributed by atoms with E-state index in [1.165, 1.54) is 11.6 Å². The topological polar surface area (TPSA) is 26.0 Å². The molecule has 0 spiro atoms. The molecule has 1 unspecified atom stereocenters. The van der Waals surface area contributed by atoms with Crippen LogP contribution in [-0.2, 0) is 11.8 Å². The molecular formula is C16H18FN. The van der Waals surface area contributed by atoms with Crippen molar-refractivity contribution in [1.29, 1.82) is 0 Å². The van der Waals surface area contributed by atoms with Crippen LogP contribution in [0.5, 0.6) is 0 Å². The van der Waals surface area contributed by atoms with Gasteiger partial charge in [0.2, 0.25) is 0 Å². The molecule has 0 saturated heterocycles. The van der Waals surface area contributed by atoms with Crippen LogP contribution in [0.25, 0.3) is 0 Å². The molecule has 0 aliphatic carbocycles. The van der Waals surface area contributed by atoms with Crippen molar-refractivity contribution in [3.63, 3.8) is 0 Å². The maximum Gasteiger partial charge on any atom is 0.123 e. The molecule has 0 amide bonds. The SMILES string of the molecule is CC(CN)(Cc1ccccc1)c1cccc(F)c1. The first-order valence-electron chi connectivity index (χ1n) is 6.14. The molecule has 0 heterocycles. The van der Waals surface area contributed by atoms with E-state index in [0.29, 0.717) is 6.54 Å². The van der Waals surface area contributed by atoms with Gasteiger partial charge in [-0.25, -0.2) is 4.39 Å². The minimum Gasteiger partial charge on any atom is -0.330 e. The van der Waals surface area contributed by atoms with Gasteiger partial charge < -0.3 is 5.73 Å². The first-order chi connectivity index (χ1) is 8.64. The highest BCUT2D eigenvalue weighted by molar-refractivity contribution is 5.29. The molecule has 0 aliphatic rings. The molecule has 0 saturated carbocycles. The number of hydrogen-bond acceptors (Lipinski definition) is 1. The van der Waals surface area contributed by atoms with Gasteiger partial charge in [0.05, 0.1) is 0 Å². The zero-order valence-corrected chi connectivity index (χ0v) is 10.6. The number of nitrogens with two attached hydrogens (primary N) is 1. The van der Waals surface area contributed by atoms with Crippen molar-refractivity contribution in [3.05, 3.63) is 71.5 Å².